The van der Waals surface area contributed by atoms with E-state index in [1.54, 1.807) is 25.1 Å². The molecule has 0 saturated carbocycles. The van der Waals surface area contributed by atoms with E-state index < -0.39 is 0 Å². The molecule has 1 aromatic rings. The van der Waals surface area contributed by atoms with Gasteiger partial charge >= 0.3 is 11.9 Å². The lowest BCUT2D eigenvalue weighted by Crippen LogP contribution is -2.11. The number of carbonyl (C=O) groups is 2. The van der Waals surface area contributed by atoms with Crippen molar-refractivity contribution in [2.75, 3.05) is 6.61 Å². The van der Waals surface area contributed by atoms with E-state index in [2.05, 4.69) is 6.92 Å². The molecular weight excluding hydrogens is 280 g/mol. The Morgan fingerprint density at radius 2 is 1.68 bits per heavy atom. The Hall–Kier alpha value is -1.84. The van der Waals surface area contributed by atoms with Crippen molar-refractivity contribution in [2.24, 2.45) is 0 Å². The predicted octanol–water partition coefficient (Wildman–Crippen LogP) is 4.27. The van der Waals surface area contributed by atoms with Gasteiger partial charge in [-0.25, -0.2) is 4.79 Å². The second-order valence-electron chi connectivity index (χ2n) is 5.22. The van der Waals surface area contributed by atoms with Crippen molar-refractivity contribution in [3.63, 3.8) is 0 Å². The van der Waals surface area contributed by atoms with E-state index >= 15 is 0 Å². The zero-order chi connectivity index (χ0) is 16.2. The molecule has 0 radical (unpaired) electrons. The summed E-state index contributed by atoms with van der Waals surface area (Å²) < 4.78 is 10.4. The molecule has 0 aliphatic heterocycles. The summed E-state index contributed by atoms with van der Waals surface area (Å²) in [5, 5.41) is 0. The Balaban J connectivity index is 2.45. The van der Waals surface area contributed by atoms with Crippen molar-refractivity contribution in [2.45, 2.75) is 59.0 Å². The third kappa shape index (κ3) is 6.74. The molecule has 4 heteroatoms. The molecule has 0 aliphatic rings. The highest BCUT2D eigenvalue weighted by atomic mass is 16.5. The molecule has 0 heterocycles. The van der Waals surface area contributed by atoms with Crippen molar-refractivity contribution < 1.29 is 19.1 Å². The van der Waals surface area contributed by atoms with Crippen LogP contribution in [0, 0.1) is 0 Å². The monoisotopic (exact) mass is 306 g/mol. The summed E-state index contributed by atoms with van der Waals surface area (Å²) >= 11 is 0. The van der Waals surface area contributed by atoms with Crippen LogP contribution in [-0.2, 0) is 20.9 Å². The van der Waals surface area contributed by atoms with Gasteiger partial charge in [0.15, 0.2) is 0 Å². The van der Waals surface area contributed by atoms with Crippen molar-refractivity contribution in [3.8, 4) is 0 Å². The average Bonchev–Trinajstić information content (AvgIpc) is 2.55. The van der Waals surface area contributed by atoms with E-state index in [0.29, 0.717) is 24.2 Å². The first kappa shape index (κ1) is 18.2. The summed E-state index contributed by atoms with van der Waals surface area (Å²) in [6.07, 6.45) is 5.89. The molecule has 0 aliphatic carbocycles. The van der Waals surface area contributed by atoms with E-state index in [0.717, 1.165) is 12.8 Å². The van der Waals surface area contributed by atoms with E-state index in [1.807, 2.05) is 6.07 Å². The van der Waals surface area contributed by atoms with Crippen molar-refractivity contribution in [1.82, 2.24) is 0 Å². The maximum Gasteiger partial charge on any atom is 0.338 e. The zero-order valence-electron chi connectivity index (χ0n) is 13.6. The molecule has 0 bridgehead atoms. The smallest absolute Gasteiger partial charge is 0.338 e. The third-order valence-electron chi connectivity index (χ3n) is 3.40. The minimum absolute atomic E-state index is 0.106. The van der Waals surface area contributed by atoms with Crippen LogP contribution in [0.1, 0.15) is 68.3 Å². The predicted molar refractivity (Wildman–Crippen MR) is 85.6 cm³/mol. The lowest BCUT2D eigenvalue weighted by atomic mass is 10.1. The van der Waals surface area contributed by atoms with E-state index in [-0.39, 0.29) is 18.5 Å². The van der Waals surface area contributed by atoms with Crippen LogP contribution >= 0.6 is 0 Å². The number of rotatable bonds is 10. The van der Waals surface area contributed by atoms with Crippen LogP contribution in [0.3, 0.4) is 0 Å². The third-order valence-corrected chi connectivity index (χ3v) is 3.40. The fraction of sp³-hybridized carbons (Fsp3) is 0.556. The SMILES string of the molecule is CCCCCCCOC(=O)c1ccccc1COC(=O)CC. The number of hydrogen-bond acceptors (Lipinski definition) is 4. The molecule has 0 fully saturated rings. The Morgan fingerprint density at radius 3 is 2.41 bits per heavy atom. The van der Waals surface area contributed by atoms with Gasteiger partial charge in [0.2, 0.25) is 0 Å². The van der Waals surface area contributed by atoms with Gasteiger partial charge < -0.3 is 9.47 Å². The van der Waals surface area contributed by atoms with Crippen molar-refractivity contribution >= 4 is 11.9 Å². The maximum absolute atomic E-state index is 12.1. The molecule has 122 valence electrons. The Bertz CT molecular complexity index is 468. The summed E-state index contributed by atoms with van der Waals surface area (Å²) in [6, 6.07) is 7.08. The molecule has 4 nitrogen and oxygen atoms in total. The van der Waals surface area contributed by atoms with Gasteiger partial charge in [-0.15, -0.1) is 0 Å². The van der Waals surface area contributed by atoms with Gasteiger partial charge in [0.25, 0.3) is 0 Å². The zero-order valence-corrected chi connectivity index (χ0v) is 13.6. The summed E-state index contributed by atoms with van der Waals surface area (Å²) in [5.41, 5.74) is 1.15. The summed E-state index contributed by atoms with van der Waals surface area (Å²) in [4.78, 5) is 23.3. The fourth-order valence-corrected chi connectivity index (χ4v) is 2.05. The largest absolute Gasteiger partial charge is 0.462 e. The van der Waals surface area contributed by atoms with Gasteiger partial charge in [-0.1, -0.05) is 57.7 Å². The summed E-state index contributed by atoms with van der Waals surface area (Å²) in [7, 11) is 0. The van der Waals surface area contributed by atoms with Crippen LogP contribution in [-0.4, -0.2) is 18.5 Å². The van der Waals surface area contributed by atoms with Crippen LogP contribution < -0.4 is 0 Å². The topological polar surface area (TPSA) is 52.6 Å². The van der Waals surface area contributed by atoms with Gasteiger partial charge in [0.05, 0.1) is 12.2 Å². The molecule has 22 heavy (non-hydrogen) atoms. The number of benzene rings is 1. The highest BCUT2D eigenvalue weighted by Crippen LogP contribution is 2.13. The molecule has 1 rings (SSSR count). The molecule has 0 spiro atoms. The van der Waals surface area contributed by atoms with Gasteiger partial charge in [-0.2, -0.15) is 0 Å². The summed E-state index contributed by atoms with van der Waals surface area (Å²) in [5.74, 6) is -0.627. The van der Waals surface area contributed by atoms with E-state index in [9.17, 15) is 9.59 Å². The van der Waals surface area contributed by atoms with Gasteiger partial charge in [0.1, 0.15) is 6.61 Å². The molecule has 0 aromatic heterocycles. The molecular formula is C18H26O4. The standard InChI is InChI=1S/C18H26O4/c1-3-5-6-7-10-13-21-18(20)16-12-9-8-11-15(16)14-22-17(19)4-2/h8-9,11-12H,3-7,10,13-14H2,1-2H3. The number of esters is 2. The molecule has 0 atom stereocenters. The van der Waals surface area contributed by atoms with Crippen LogP contribution in [0.4, 0.5) is 0 Å². The number of unbranched alkanes of at least 4 members (excludes halogenated alkanes) is 4. The lowest BCUT2D eigenvalue weighted by molar-refractivity contribution is -0.144. The first-order valence-corrected chi connectivity index (χ1v) is 8.09. The first-order chi connectivity index (χ1) is 10.7. The second-order valence-corrected chi connectivity index (χ2v) is 5.22. The lowest BCUT2D eigenvalue weighted by Gasteiger charge is -2.10. The van der Waals surface area contributed by atoms with Crippen LogP contribution in [0.15, 0.2) is 24.3 Å². The first-order valence-electron chi connectivity index (χ1n) is 8.09. The highest BCUT2D eigenvalue weighted by Gasteiger charge is 2.13. The maximum atomic E-state index is 12.1. The minimum atomic E-state index is -0.348. The molecule has 0 amide bonds. The molecule has 0 saturated heterocycles. The van der Waals surface area contributed by atoms with Crippen LogP contribution in [0.25, 0.3) is 0 Å². The summed E-state index contributed by atoms with van der Waals surface area (Å²) in [6.45, 7) is 4.45. The van der Waals surface area contributed by atoms with Gasteiger partial charge in [0, 0.05) is 12.0 Å². The normalized spacial score (nSPS) is 10.3. The molecule has 0 N–H and O–H groups in total. The van der Waals surface area contributed by atoms with Crippen molar-refractivity contribution in [1.29, 1.82) is 0 Å². The van der Waals surface area contributed by atoms with Gasteiger partial charge in [-0.3, -0.25) is 4.79 Å². The number of carbonyl (C=O) groups excluding carboxylic acids is 2. The quantitative estimate of drug-likeness (QED) is 0.478. The van der Waals surface area contributed by atoms with Gasteiger partial charge in [-0.05, 0) is 12.5 Å². The number of ether oxygens (including phenoxy) is 2. The number of hydrogen-bond donors (Lipinski definition) is 0. The Kier molecular flexibility index (Phi) is 8.96. The van der Waals surface area contributed by atoms with E-state index in [4.69, 9.17) is 9.47 Å². The van der Waals surface area contributed by atoms with Crippen molar-refractivity contribution in [3.05, 3.63) is 35.4 Å². The Morgan fingerprint density at radius 1 is 0.955 bits per heavy atom. The van der Waals surface area contributed by atoms with Crippen LogP contribution in [0.2, 0.25) is 0 Å². The Labute approximate surface area is 132 Å². The fourth-order valence-electron chi connectivity index (χ4n) is 2.05. The van der Waals surface area contributed by atoms with Crippen LogP contribution in [0.5, 0.6) is 0 Å². The average molecular weight is 306 g/mol. The minimum Gasteiger partial charge on any atom is -0.462 e. The molecule has 1 aromatic carbocycles. The second kappa shape index (κ2) is 10.8. The van der Waals surface area contributed by atoms with E-state index in [1.165, 1.54) is 19.3 Å². The molecule has 0 unspecified atom stereocenters. The highest BCUT2D eigenvalue weighted by molar-refractivity contribution is 5.91.